The fourth-order valence-corrected chi connectivity index (χ4v) is 4.94. The molecule has 2 N–H and O–H groups in total. The molecule has 0 aromatic heterocycles. The molecule has 160 valence electrons. The van der Waals surface area contributed by atoms with E-state index in [4.69, 9.17) is 23.2 Å². The van der Waals surface area contributed by atoms with Crippen molar-refractivity contribution in [2.75, 3.05) is 5.32 Å². The van der Waals surface area contributed by atoms with Gasteiger partial charge in [0.25, 0.3) is 0 Å². The third-order valence-electron chi connectivity index (χ3n) is 6.07. The van der Waals surface area contributed by atoms with Gasteiger partial charge in [0.2, 0.25) is 0 Å². The predicted octanol–water partition coefficient (Wildman–Crippen LogP) is 7.81. The highest BCUT2D eigenvalue weighted by atomic mass is 79.9. The Morgan fingerprint density at radius 1 is 0.806 bits per heavy atom. The van der Waals surface area contributed by atoms with Crippen molar-refractivity contribution in [3.63, 3.8) is 0 Å². The van der Waals surface area contributed by atoms with Gasteiger partial charge in [0.1, 0.15) is 0 Å². The van der Waals surface area contributed by atoms with Gasteiger partial charge in [-0.2, -0.15) is 0 Å². The molecular weight excluding hydrogens is 495 g/mol. The topological polar surface area (TPSA) is 41.1 Å². The SMILES string of the molecule is O=C(Nc1ccc(Br)cc1)NC1CCC(c2ccc(Cl)cc2)(c2ccc(Cl)cc2)CC1. The molecule has 0 bridgehead atoms. The quantitative estimate of drug-likeness (QED) is 0.364. The summed E-state index contributed by atoms with van der Waals surface area (Å²) in [6.45, 7) is 0. The van der Waals surface area contributed by atoms with Crippen molar-refractivity contribution in [2.24, 2.45) is 0 Å². The van der Waals surface area contributed by atoms with Gasteiger partial charge in [-0.25, -0.2) is 4.79 Å². The zero-order chi connectivity index (χ0) is 21.8. The van der Waals surface area contributed by atoms with Crippen LogP contribution in [0.5, 0.6) is 0 Å². The first kappa shape index (κ1) is 22.2. The van der Waals surface area contributed by atoms with Gasteiger partial charge in [0.05, 0.1) is 0 Å². The van der Waals surface area contributed by atoms with Crippen molar-refractivity contribution in [1.29, 1.82) is 0 Å². The number of anilines is 1. The molecule has 3 aromatic rings. The minimum absolute atomic E-state index is 0.116. The number of nitrogens with one attached hydrogen (secondary N) is 2. The number of benzene rings is 3. The Kier molecular flexibility index (Phi) is 6.90. The van der Waals surface area contributed by atoms with E-state index >= 15 is 0 Å². The number of carbonyl (C=O) groups is 1. The van der Waals surface area contributed by atoms with Crippen LogP contribution in [0.15, 0.2) is 77.3 Å². The lowest BCUT2D eigenvalue weighted by molar-refractivity contribution is 0.236. The smallest absolute Gasteiger partial charge is 0.319 e. The number of urea groups is 1. The van der Waals surface area contributed by atoms with E-state index in [1.807, 2.05) is 48.5 Å². The second-order valence-corrected chi connectivity index (χ2v) is 9.76. The van der Waals surface area contributed by atoms with Crippen molar-refractivity contribution in [3.05, 3.63) is 98.4 Å². The maximum atomic E-state index is 12.5. The summed E-state index contributed by atoms with van der Waals surface area (Å²) in [5, 5.41) is 7.51. The molecule has 0 atom stereocenters. The van der Waals surface area contributed by atoms with Crippen LogP contribution in [0.25, 0.3) is 0 Å². The summed E-state index contributed by atoms with van der Waals surface area (Å²) in [4.78, 5) is 12.5. The molecule has 0 saturated heterocycles. The van der Waals surface area contributed by atoms with Crippen LogP contribution in [0.3, 0.4) is 0 Å². The van der Waals surface area contributed by atoms with E-state index in [0.717, 1.165) is 45.9 Å². The summed E-state index contributed by atoms with van der Waals surface area (Å²) in [7, 11) is 0. The van der Waals surface area contributed by atoms with Crippen LogP contribution in [0.2, 0.25) is 10.0 Å². The molecule has 0 unspecified atom stereocenters. The lowest BCUT2D eigenvalue weighted by Gasteiger charge is -2.41. The Hall–Kier alpha value is -2.01. The van der Waals surface area contributed by atoms with E-state index in [1.54, 1.807) is 0 Å². The maximum absolute atomic E-state index is 12.5. The number of hydrogen-bond acceptors (Lipinski definition) is 1. The highest BCUT2D eigenvalue weighted by molar-refractivity contribution is 9.10. The first-order chi connectivity index (χ1) is 14.9. The molecule has 1 aliphatic carbocycles. The summed E-state index contributed by atoms with van der Waals surface area (Å²) in [6.07, 6.45) is 3.64. The van der Waals surface area contributed by atoms with Gasteiger partial charge in [-0.3, -0.25) is 0 Å². The Labute approximate surface area is 201 Å². The monoisotopic (exact) mass is 516 g/mol. The summed E-state index contributed by atoms with van der Waals surface area (Å²) < 4.78 is 0.978. The van der Waals surface area contributed by atoms with Gasteiger partial charge in [-0.1, -0.05) is 63.4 Å². The van der Waals surface area contributed by atoms with E-state index in [1.165, 1.54) is 11.1 Å². The first-order valence-corrected chi connectivity index (χ1v) is 11.8. The maximum Gasteiger partial charge on any atom is 0.319 e. The Morgan fingerprint density at radius 2 is 1.29 bits per heavy atom. The number of hydrogen-bond donors (Lipinski definition) is 2. The Bertz CT molecular complexity index is 981. The van der Waals surface area contributed by atoms with Gasteiger partial charge < -0.3 is 10.6 Å². The van der Waals surface area contributed by atoms with E-state index in [2.05, 4.69) is 50.8 Å². The average Bonchev–Trinajstić information content (AvgIpc) is 2.77. The average molecular weight is 518 g/mol. The number of carbonyl (C=O) groups excluding carboxylic acids is 1. The molecule has 0 radical (unpaired) electrons. The number of halogens is 3. The molecule has 1 fully saturated rings. The van der Waals surface area contributed by atoms with Crippen molar-refractivity contribution < 1.29 is 4.79 Å². The molecule has 0 aliphatic heterocycles. The molecular formula is C25H23BrCl2N2O. The fraction of sp³-hybridized carbons (Fsp3) is 0.240. The van der Waals surface area contributed by atoms with Crippen LogP contribution < -0.4 is 10.6 Å². The van der Waals surface area contributed by atoms with E-state index in [9.17, 15) is 4.79 Å². The molecule has 0 spiro atoms. The van der Waals surface area contributed by atoms with E-state index in [0.29, 0.717) is 0 Å². The third-order valence-corrected chi connectivity index (χ3v) is 7.10. The normalized spacial score (nSPS) is 16.0. The summed E-state index contributed by atoms with van der Waals surface area (Å²) in [5.74, 6) is 0. The minimum atomic E-state index is -0.169. The second kappa shape index (κ2) is 9.64. The first-order valence-electron chi connectivity index (χ1n) is 10.3. The standard InChI is InChI=1S/C25H23BrCl2N2O/c26-19-5-11-22(12-6-19)29-24(31)30-23-13-15-25(16-14-23,17-1-7-20(27)8-2-17)18-3-9-21(28)10-4-18/h1-12,23H,13-16H2,(H2,29,30,31). The Balaban J connectivity index is 1.48. The summed E-state index contributed by atoms with van der Waals surface area (Å²) in [6, 6.07) is 23.8. The molecule has 1 saturated carbocycles. The molecule has 1 aliphatic rings. The third kappa shape index (κ3) is 5.25. The lowest BCUT2D eigenvalue weighted by Crippen LogP contribution is -2.44. The summed E-state index contributed by atoms with van der Waals surface area (Å²) in [5.41, 5.74) is 3.15. The van der Waals surface area contributed by atoms with Crippen molar-refractivity contribution >= 4 is 50.9 Å². The van der Waals surface area contributed by atoms with Crippen LogP contribution in [0.4, 0.5) is 10.5 Å². The minimum Gasteiger partial charge on any atom is -0.335 e. The van der Waals surface area contributed by atoms with Crippen LogP contribution in [0, 0.1) is 0 Å². The van der Waals surface area contributed by atoms with Gasteiger partial charge in [-0.05, 0) is 85.3 Å². The number of rotatable bonds is 4. The van der Waals surface area contributed by atoms with Crippen LogP contribution >= 0.6 is 39.1 Å². The lowest BCUT2D eigenvalue weighted by atomic mass is 9.64. The molecule has 3 nitrogen and oxygen atoms in total. The molecule has 2 amide bonds. The van der Waals surface area contributed by atoms with Crippen LogP contribution in [-0.4, -0.2) is 12.1 Å². The van der Waals surface area contributed by atoms with Crippen molar-refractivity contribution in [3.8, 4) is 0 Å². The molecule has 6 heteroatoms. The molecule has 4 rings (SSSR count). The Morgan fingerprint density at radius 3 is 1.77 bits per heavy atom. The van der Waals surface area contributed by atoms with Gasteiger partial charge >= 0.3 is 6.03 Å². The number of amides is 2. The molecule has 3 aromatic carbocycles. The van der Waals surface area contributed by atoms with Gasteiger partial charge in [0.15, 0.2) is 0 Å². The second-order valence-electron chi connectivity index (χ2n) is 7.98. The highest BCUT2D eigenvalue weighted by Crippen LogP contribution is 2.45. The van der Waals surface area contributed by atoms with Crippen LogP contribution in [-0.2, 0) is 5.41 Å². The largest absolute Gasteiger partial charge is 0.335 e. The molecule has 0 heterocycles. The van der Waals surface area contributed by atoms with E-state index in [-0.39, 0.29) is 17.5 Å². The predicted molar refractivity (Wildman–Crippen MR) is 132 cm³/mol. The zero-order valence-electron chi connectivity index (χ0n) is 16.9. The van der Waals surface area contributed by atoms with Gasteiger partial charge in [-0.15, -0.1) is 0 Å². The van der Waals surface area contributed by atoms with Gasteiger partial charge in [0, 0.05) is 31.7 Å². The fourth-order valence-electron chi connectivity index (χ4n) is 4.42. The highest BCUT2D eigenvalue weighted by Gasteiger charge is 2.38. The van der Waals surface area contributed by atoms with Crippen molar-refractivity contribution in [1.82, 2.24) is 5.32 Å². The van der Waals surface area contributed by atoms with E-state index < -0.39 is 0 Å². The zero-order valence-corrected chi connectivity index (χ0v) is 20.0. The van der Waals surface area contributed by atoms with Crippen molar-refractivity contribution in [2.45, 2.75) is 37.1 Å². The molecule has 31 heavy (non-hydrogen) atoms. The van der Waals surface area contributed by atoms with Crippen LogP contribution in [0.1, 0.15) is 36.8 Å². The summed E-state index contributed by atoms with van der Waals surface area (Å²) >= 11 is 15.7.